The van der Waals surface area contributed by atoms with Crippen LogP contribution in [-0.2, 0) is 11.3 Å². The van der Waals surface area contributed by atoms with Crippen LogP contribution in [-0.4, -0.2) is 30.7 Å². The molecule has 4 rings (SSSR count). The second kappa shape index (κ2) is 8.36. The van der Waals surface area contributed by atoms with Crippen LogP contribution in [0.15, 0.2) is 61.1 Å². The molecule has 0 fully saturated rings. The van der Waals surface area contributed by atoms with E-state index in [4.69, 9.17) is 5.26 Å². The fourth-order valence-corrected chi connectivity index (χ4v) is 3.13. The number of halogens is 1. The number of amides is 1. The van der Waals surface area contributed by atoms with E-state index in [9.17, 15) is 9.18 Å². The van der Waals surface area contributed by atoms with E-state index in [-0.39, 0.29) is 5.69 Å². The summed E-state index contributed by atoms with van der Waals surface area (Å²) in [6, 6.07) is 14.1. The van der Waals surface area contributed by atoms with Crippen molar-refractivity contribution in [3.8, 4) is 11.8 Å². The highest BCUT2D eigenvalue weighted by atomic mass is 19.1. The number of aromatic nitrogens is 5. The number of hydrogen-bond donors (Lipinski definition) is 1. The lowest BCUT2D eigenvalue weighted by molar-refractivity contribution is -0.111. The van der Waals surface area contributed by atoms with Crippen molar-refractivity contribution >= 4 is 28.6 Å². The summed E-state index contributed by atoms with van der Waals surface area (Å²) in [6.07, 6.45) is 6.67. The molecule has 4 aromatic rings. The predicted molar refractivity (Wildman–Crippen MR) is 109 cm³/mol. The molecule has 0 atom stereocenters. The summed E-state index contributed by atoms with van der Waals surface area (Å²) >= 11 is 0. The molecule has 1 amide bonds. The third-order valence-corrected chi connectivity index (χ3v) is 4.52. The minimum Gasteiger partial charge on any atom is -0.346 e. The van der Waals surface area contributed by atoms with E-state index in [1.54, 1.807) is 6.08 Å². The van der Waals surface area contributed by atoms with Crippen LogP contribution in [0.2, 0.25) is 0 Å². The second-order valence-corrected chi connectivity index (χ2v) is 6.44. The third-order valence-electron chi connectivity index (χ3n) is 4.52. The predicted octanol–water partition coefficient (Wildman–Crippen LogP) is 3.32. The molecule has 0 unspecified atom stereocenters. The quantitative estimate of drug-likeness (QED) is 0.500. The molecule has 2 aromatic heterocycles. The maximum absolute atomic E-state index is 14.1. The fraction of sp³-hybridized carbons (Fsp3) is 0.0952. The monoisotopic (exact) mass is 401 g/mol. The molecule has 8 nitrogen and oxygen atoms in total. The number of nitrogens with one attached hydrogen (secondary N) is 1. The van der Waals surface area contributed by atoms with Crippen molar-refractivity contribution in [1.82, 2.24) is 24.8 Å². The van der Waals surface area contributed by atoms with Gasteiger partial charge in [-0.2, -0.15) is 5.26 Å². The van der Waals surface area contributed by atoms with Gasteiger partial charge in [0.2, 0.25) is 5.91 Å². The van der Waals surface area contributed by atoms with Gasteiger partial charge in [-0.3, -0.25) is 4.79 Å². The smallest absolute Gasteiger partial charge is 0.248 e. The van der Waals surface area contributed by atoms with Crippen LogP contribution in [0.5, 0.6) is 0 Å². The van der Waals surface area contributed by atoms with Crippen molar-refractivity contribution in [1.29, 1.82) is 5.26 Å². The Morgan fingerprint density at radius 2 is 2.13 bits per heavy atom. The Hall–Kier alpha value is -4.32. The molecule has 9 heteroatoms. The number of hydrogen-bond acceptors (Lipinski definition) is 5. The van der Waals surface area contributed by atoms with Gasteiger partial charge in [0.15, 0.2) is 0 Å². The van der Waals surface area contributed by atoms with Gasteiger partial charge >= 0.3 is 0 Å². The van der Waals surface area contributed by atoms with E-state index in [1.165, 1.54) is 35.3 Å². The van der Waals surface area contributed by atoms with Crippen molar-refractivity contribution in [3.05, 3.63) is 72.4 Å². The molecule has 0 saturated heterocycles. The van der Waals surface area contributed by atoms with Gasteiger partial charge in [-0.15, -0.1) is 5.10 Å². The Labute approximate surface area is 170 Å². The number of rotatable bonds is 6. The van der Waals surface area contributed by atoms with Crippen molar-refractivity contribution in [2.24, 2.45) is 0 Å². The van der Waals surface area contributed by atoms with Gasteiger partial charge in [0, 0.05) is 35.3 Å². The summed E-state index contributed by atoms with van der Waals surface area (Å²) in [6.45, 7) is 0.562. The summed E-state index contributed by atoms with van der Waals surface area (Å²) in [5, 5.41) is 23.2. The largest absolute Gasteiger partial charge is 0.346 e. The molecule has 2 heterocycles. The van der Waals surface area contributed by atoms with Crippen LogP contribution >= 0.6 is 0 Å². The maximum Gasteiger partial charge on any atom is 0.248 e. The molecular formula is C21H16FN7O. The highest BCUT2D eigenvalue weighted by Gasteiger charge is 2.09. The molecule has 0 saturated carbocycles. The zero-order chi connectivity index (χ0) is 20.9. The van der Waals surface area contributed by atoms with Crippen LogP contribution in [0, 0.1) is 17.1 Å². The van der Waals surface area contributed by atoms with Crippen LogP contribution in [0.1, 0.15) is 12.0 Å². The van der Waals surface area contributed by atoms with Gasteiger partial charge in [-0.05, 0) is 40.8 Å². The van der Waals surface area contributed by atoms with Gasteiger partial charge in [-0.25, -0.2) is 9.07 Å². The zero-order valence-corrected chi connectivity index (χ0v) is 15.7. The Balaban J connectivity index is 1.55. The van der Waals surface area contributed by atoms with Gasteiger partial charge in [0.1, 0.15) is 12.1 Å². The SMILES string of the molecule is N#CCCn1cc(/C=C/C(=O)Nc2cc(-n3cnnn3)ccc2F)c2ccccc21. The number of carbonyl (C=O) groups is 1. The number of benzene rings is 2. The van der Waals surface area contributed by atoms with Gasteiger partial charge in [0.25, 0.3) is 0 Å². The van der Waals surface area contributed by atoms with Gasteiger partial charge in [0.05, 0.1) is 23.9 Å². The van der Waals surface area contributed by atoms with E-state index in [0.29, 0.717) is 18.7 Å². The maximum atomic E-state index is 14.1. The molecular weight excluding hydrogens is 385 g/mol. The molecule has 0 spiro atoms. The van der Waals surface area contributed by atoms with Crippen LogP contribution in [0.4, 0.5) is 10.1 Å². The summed E-state index contributed by atoms with van der Waals surface area (Å²) in [5.41, 5.74) is 2.35. The number of tetrazole rings is 1. The first-order chi connectivity index (χ1) is 14.7. The van der Waals surface area contributed by atoms with Gasteiger partial charge in [-0.1, -0.05) is 18.2 Å². The average molecular weight is 401 g/mol. The fourth-order valence-electron chi connectivity index (χ4n) is 3.13. The lowest BCUT2D eigenvalue weighted by Gasteiger charge is -2.06. The first-order valence-corrected chi connectivity index (χ1v) is 9.12. The number of aryl methyl sites for hydroxylation is 1. The molecule has 2 aromatic carbocycles. The van der Waals surface area contributed by atoms with Gasteiger partial charge < -0.3 is 9.88 Å². The molecule has 148 valence electrons. The first-order valence-electron chi connectivity index (χ1n) is 9.12. The minimum atomic E-state index is -0.568. The standard InChI is InChI=1S/C21H16FN7O/c22-18-8-7-16(29-14-24-26-27-29)12-19(18)25-21(30)9-6-15-13-28(11-3-10-23)20-5-2-1-4-17(15)20/h1-2,4-9,12-14H,3,11H2,(H,25,30)/b9-6+. The molecule has 0 aliphatic heterocycles. The topological polar surface area (TPSA) is 101 Å². The summed E-state index contributed by atoms with van der Waals surface area (Å²) in [5.74, 6) is -1.04. The molecule has 1 N–H and O–H groups in total. The van der Waals surface area contributed by atoms with Crippen molar-refractivity contribution in [2.45, 2.75) is 13.0 Å². The van der Waals surface area contributed by atoms with Crippen molar-refractivity contribution in [2.75, 3.05) is 5.32 Å². The number of nitriles is 1. The van der Waals surface area contributed by atoms with E-state index >= 15 is 0 Å². The second-order valence-electron chi connectivity index (χ2n) is 6.44. The Morgan fingerprint density at radius 3 is 2.93 bits per heavy atom. The number of fused-ring (bicyclic) bond motifs is 1. The minimum absolute atomic E-state index is 0.0223. The van der Waals surface area contributed by atoms with Crippen molar-refractivity contribution < 1.29 is 9.18 Å². The third kappa shape index (κ3) is 3.93. The van der Waals surface area contributed by atoms with Crippen molar-refractivity contribution in [3.63, 3.8) is 0 Å². The van der Waals surface area contributed by atoms with Crippen LogP contribution in [0.3, 0.4) is 0 Å². The molecule has 0 radical (unpaired) electrons. The average Bonchev–Trinajstić information content (AvgIpc) is 3.41. The lowest BCUT2D eigenvalue weighted by atomic mass is 10.1. The van der Waals surface area contributed by atoms with Crippen LogP contribution < -0.4 is 5.32 Å². The summed E-state index contributed by atoms with van der Waals surface area (Å²) < 4.78 is 17.5. The lowest BCUT2D eigenvalue weighted by Crippen LogP contribution is -2.10. The molecule has 0 aliphatic carbocycles. The number of para-hydroxylation sites is 1. The van der Waals surface area contributed by atoms with E-state index in [0.717, 1.165) is 16.5 Å². The summed E-state index contributed by atoms with van der Waals surface area (Å²) in [4.78, 5) is 12.4. The molecule has 0 aliphatic rings. The molecule has 0 bridgehead atoms. The normalized spacial score (nSPS) is 11.1. The Morgan fingerprint density at radius 1 is 1.27 bits per heavy atom. The number of anilines is 1. The molecule has 30 heavy (non-hydrogen) atoms. The summed E-state index contributed by atoms with van der Waals surface area (Å²) in [7, 11) is 0. The van der Waals surface area contributed by atoms with E-state index in [2.05, 4.69) is 26.9 Å². The zero-order valence-electron chi connectivity index (χ0n) is 15.7. The number of carbonyl (C=O) groups excluding carboxylic acids is 1. The Bertz CT molecular complexity index is 1270. The van der Waals surface area contributed by atoms with E-state index < -0.39 is 11.7 Å². The van der Waals surface area contributed by atoms with E-state index in [1.807, 2.05) is 35.0 Å². The highest BCUT2D eigenvalue weighted by Crippen LogP contribution is 2.23. The van der Waals surface area contributed by atoms with Crippen LogP contribution in [0.25, 0.3) is 22.7 Å². The highest BCUT2D eigenvalue weighted by molar-refractivity contribution is 6.03. The first kappa shape index (κ1) is 19.0. The Kier molecular flexibility index (Phi) is 5.30. The number of nitrogens with zero attached hydrogens (tertiary/aromatic N) is 6.